The van der Waals surface area contributed by atoms with Crippen molar-refractivity contribution < 1.29 is 4.79 Å². The fourth-order valence-electron chi connectivity index (χ4n) is 2.08. The third-order valence-corrected chi connectivity index (χ3v) is 4.14. The number of anilines is 1. The molecular weight excluding hydrogens is 270 g/mol. The molecule has 1 heterocycles. The predicted octanol–water partition coefficient (Wildman–Crippen LogP) is 3.01. The molecule has 1 unspecified atom stereocenters. The summed E-state index contributed by atoms with van der Waals surface area (Å²) >= 11 is 1.89. The summed E-state index contributed by atoms with van der Waals surface area (Å²) in [6.45, 7) is 4.17. The van der Waals surface area contributed by atoms with E-state index in [1.807, 2.05) is 43.0 Å². The van der Waals surface area contributed by atoms with Crippen molar-refractivity contribution in [3.8, 4) is 0 Å². The van der Waals surface area contributed by atoms with E-state index in [-0.39, 0.29) is 11.9 Å². The van der Waals surface area contributed by atoms with Gasteiger partial charge in [-0.1, -0.05) is 19.1 Å². The van der Waals surface area contributed by atoms with Crippen molar-refractivity contribution >= 4 is 34.3 Å². The van der Waals surface area contributed by atoms with Crippen LogP contribution in [0.1, 0.15) is 30.8 Å². The quantitative estimate of drug-likeness (QED) is 0.566. The summed E-state index contributed by atoms with van der Waals surface area (Å²) in [4.78, 5) is 15.3. The van der Waals surface area contributed by atoms with Crippen molar-refractivity contribution in [3.63, 3.8) is 0 Å². The van der Waals surface area contributed by atoms with Crippen LogP contribution in [0.2, 0.25) is 0 Å². The molecule has 0 spiro atoms. The van der Waals surface area contributed by atoms with Crippen LogP contribution in [0, 0.1) is 0 Å². The van der Waals surface area contributed by atoms with E-state index in [4.69, 9.17) is 5.73 Å². The Morgan fingerprint density at radius 3 is 3.00 bits per heavy atom. The highest BCUT2D eigenvalue weighted by Crippen LogP contribution is 2.21. The predicted molar refractivity (Wildman–Crippen MR) is 87.3 cm³/mol. The van der Waals surface area contributed by atoms with Crippen molar-refractivity contribution in [2.45, 2.75) is 26.3 Å². The van der Waals surface area contributed by atoms with Crippen molar-refractivity contribution in [3.05, 3.63) is 30.0 Å². The van der Waals surface area contributed by atoms with E-state index in [0.29, 0.717) is 11.4 Å². The fourth-order valence-corrected chi connectivity index (χ4v) is 2.89. The summed E-state index contributed by atoms with van der Waals surface area (Å²) in [6.07, 6.45) is 0.979. The number of H-pyrrole nitrogens is 1. The van der Waals surface area contributed by atoms with Crippen LogP contribution in [0.25, 0.3) is 10.9 Å². The molecule has 2 aromatic rings. The van der Waals surface area contributed by atoms with E-state index in [0.717, 1.165) is 28.8 Å². The summed E-state index contributed by atoms with van der Waals surface area (Å²) in [5.41, 5.74) is 7.94. The van der Waals surface area contributed by atoms with E-state index in [9.17, 15) is 4.79 Å². The molecular formula is C15H21N3OS. The van der Waals surface area contributed by atoms with E-state index >= 15 is 0 Å². The van der Waals surface area contributed by atoms with Gasteiger partial charge in [0.2, 0.25) is 0 Å². The third-order valence-electron chi connectivity index (χ3n) is 3.21. The lowest BCUT2D eigenvalue weighted by Crippen LogP contribution is -2.33. The summed E-state index contributed by atoms with van der Waals surface area (Å²) in [5.74, 6) is 2.11. The maximum atomic E-state index is 12.2. The van der Waals surface area contributed by atoms with Crippen molar-refractivity contribution in [1.29, 1.82) is 0 Å². The standard InChI is InChI=1S/C15H21N3OS/c1-3-20-8-7-10(2)17-15(19)13-9-11-5-4-6-12(16)14(11)18-13/h4-6,9-10,18H,3,7-8,16H2,1-2H3,(H,17,19). The molecule has 1 aromatic heterocycles. The monoisotopic (exact) mass is 291 g/mol. The molecule has 20 heavy (non-hydrogen) atoms. The zero-order valence-corrected chi connectivity index (χ0v) is 12.7. The average molecular weight is 291 g/mol. The number of para-hydroxylation sites is 1. The molecule has 1 aromatic carbocycles. The highest BCUT2D eigenvalue weighted by atomic mass is 32.2. The van der Waals surface area contributed by atoms with Crippen LogP contribution in [0.3, 0.4) is 0 Å². The van der Waals surface area contributed by atoms with Gasteiger partial charge in [0.15, 0.2) is 0 Å². The molecule has 0 fully saturated rings. The second-order valence-corrected chi connectivity index (χ2v) is 6.25. The van der Waals surface area contributed by atoms with Gasteiger partial charge < -0.3 is 16.0 Å². The SMILES string of the molecule is CCSCCC(C)NC(=O)c1cc2cccc(N)c2[nH]1. The molecule has 0 radical (unpaired) electrons. The van der Waals surface area contributed by atoms with Gasteiger partial charge in [0.1, 0.15) is 5.69 Å². The maximum Gasteiger partial charge on any atom is 0.267 e. The van der Waals surface area contributed by atoms with E-state index in [2.05, 4.69) is 17.2 Å². The molecule has 5 heteroatoms. The van der Waals surface area contributed by atoms with Crippen LogP contribution < -0.4 is 11.1 Å². The normalized spacial score (nSPS) is 12.5. The molecule has 108 valence electrons. The van der Waals surface area contributed by atoms with Crippen LogP contribution in [0.5, 0.6) is 0 Å². The first-order valence-corrected chi connectivity index (χ1v) is 8.03. The molecule has 0 aliphatic carbocycles. The zero-order chi connectivity index (χ0) is 14.5. The first-order chi connectivity index (χ1) is 9.61. The van der Waals surface area contributed by atoms with Crippen LogP contribution in [-0.2, 0) is 0 Å². The minimum absolute atomic E-state index is 0.0744. The van der Waals surface area contributed by atoms with Crippen LogP contribution >= 0.6 is 11.8 Å². The van der Waals surface area contributed by atoms with Crippen LogP contribution in [0.4, 0.5) is 5.69 Å². The molecule has 0 aliphatic heterocycles. The number of thioether (sulfide) groups is 1. The number of amides is 1. The van der Waals surface area contributed by atoms with Gasteiger partial charge in [-0.2, -0.15) is 11.8 Å². The number of hydrogen-bond donors (Lipinski definition) is 3. The Balaban J connectivity index is 2.02. The van der Waals surface area contributed by atoms with Gasteiger partial charge in [0.05, 0.1) is 11.2 Å². The number of rotatable bonds is 6. The number of hydrogen-bond acceptors (Lipinski definition) is 3. The second-order valence-electron chi connectivity index (χ2n) is 4.85. The molecule has 1 amide bonds. The average Bonchev–Trinajstić information content (AvgIpc) is 2.84. The van der Waals surface area contributed by atoms with Gasteiger partial charge in [-0.3, -0.25) is 4.79 Å². The first kappa shape index (κ1) is 14.8. The lowest BCUT2D eigenvalue weighted by atomic mass is 10.2. The lowest BCUT2D eigenvalue weighted by molar-refractivity contribution is 0.0935. The first-order valence-electron chi connectivity index (χ1n) is 6.87. The fraction of sp³-hybridized carbons (Fsp3) is 0.400. The number of nitrogen functional groups attached to an aromatic ring is 1. The van der Waals surface area contributed by atoms with Crippen molar-refractivity contribution in [1.82, 2.24) is 10.3 Å². The Hall–Kier alpha value is -1.62. The van der Waals surface area contributed by atoms with Gasteiger partial charge >= 0.3 is 0 Å². The van der Waals surface area contributed by atoms with Crippen LogP contribution in [-0.4, -0.2) is 28.4 Å². The number of nitrogens with two attached hydrogens (primary N) is 1. The minimum Gasteiger partial charge on any atom is -0.397 e. The number of aromatic nitrogens is 1. The molecule has 1 atom stereocenters. The highest BCUT2D eigenvalue weighted by molar-refractivity contribution is 7.99. The summed E-state index contributed by atoms with van der Waals surface area (Å²) < 4.78 is 0. The molecule has 0 saturated heterocycles. The van der Waals surface area contributed by atoms with Gasteiger partial charge in [0, 0.05) is 11.4 Å². The van der Waals surface area contributed by atoms with Gasteiger partial charge in [0.25, 0.3) is 5.91 Å². The van der Waals surface area contributed by atoms with E-state index in [1.54, 1.807) is 0 Å². The van der Waals surface area contributed by atoms with Gasteiger partial charge in [-0.15, -0.1) is 0 Å². The van der Waals surface area contributed by atoms with Crippen molar-refractivity contribution in [2.75, 3.05) is 17.2 Å². The maximum absolute atomic E-state index is 12.2. The molecule has 0 saturated carbocycles. The minimum atomic E-state index is -0.0744. The Bertz CT molecular complexity index is 594. The number of fused-ring (bicyclic) bond motifs is 1. The zero-order valence-electron chi connectivity index (χ0n) is 11.9. The molecule has 4 nitrogen and oxygen atoms in total. The lowest BCUT2D eigenvalue weighted by Gasteiger charge is -2.12. The Labute approximate surface area is 123 Å². The number of carbonyl (C=O) groups excluding carboxylic acids is 1. The summed E-state index contributed by atoms with van der Waals surface area (Å²) in [6, 6.07) is 7.67. The van der Waals surface area contributed by atoms with Crippen molar-refractivity contribution in [2.24, 2.45) is 0 Å². The smallest absolute Gasteiger partial charge is 0.267 e. The third kappa shape index (κ3) is 3.48. The largest absolute Gasteiger partial charge is 0.397 e. The number of carbonyl (C=O) groups is 1. The molecule has 4 N–H and O–H groups in total. The Morgan fingerprint density at radius 1 is 1.50 bits per heavy atom. The Morgan fingerprint density at radius 2 is 2.30 bits per heavy atom. The Kier molecular flexibility index (Phi) is 4.95. The molecule has 0 aliphatic rings. The van der Waals surface area contributed by atoms with E-state index < -0.39 is 0 Å². The highest BCUT2D eigenvalue weighted by Gasteiger charge is 2.13. The second kappa shape index (κ2) is 6.70. The molecule has 0 bridgehead atoms. The molecule has 2 rings (SSSR count). The summed E-state index contributed by atoms with van der Waals surface area (Å²) in [5, 5.41) is 3.97. The number of benzene rings is 1. The van der Waals surface area contributed by atoms with Gasteiger partial charge in [-0.05, 0) is 37.0 Å². The number of nitrogens with one attached hydrogen (secondary N) is 2. The van der Waals surface area contributed by atoms with E-state index in [1.165, 1.54) is 0 Å². The van der Waals surface area contributed by atoms with Gasteiger partial charge in [-0.25, -0.2) is 0 Å². The van der Waals surface area contributed by atoms with Crippen LogP contribution in [0.15, 0.2) is 24.3 Å². The number of aromatic amines is 1. The summed E-state index contributed by atoms with van der Waals surface area (Å²) in [7, 11) is 0. The topological polar surface area (TPSA) is 70.9 Å².